The van der Waals surface area contributed by atoms with Crippen LogP contribution in [0.15, 0.2) is 18.2 Å². The number of carboxylic acids is 1. The van der Waals surface area contributed by atoms with Crippen LogP contribution < -0.4 is 4.74 Å². The summed E-state index contributed by atoms with van der Waals surface area (Å²) in [6.45, 7) is 0.892. The Morgan fingerprint density at radius 2 is 2.00 bits per heavy atom. The van der Waals surface area contributed by atoms with Crippen LogP contribution >= 0.6 is 34.5 Å². The van der Waals surface area contributed by atoms with Gasteiger partial charge in [-0.05, 0) is 37.1 Å². The Hall–Kier alpha value is -1.77. The quantitative estimate of drug-likeness (QED) is 0.709. The molecule has 1 aliphatic carbocycles. The van der Waals surface area contributed by atoms with Crippen molar-refractivity contribution >= 4 is 46.3 Å². The van der Waals surface area contributed by atoms with Crippen molar-refractivity contribution in [2.75, 3.05) is 6.61 Å². The van der Waals surface area contributed by atoms with Crippen LogP contribution in [0.25, 0.3) is 0 Å². The minimum Gasteiger partial charge on any atom is -0.480 e. The highest BCUT2D eigenvalue weighted by molar-refractivity contribution is 7.12. The first-order valence-electron chi connectivity index (χ1n) is 7.53. The SMILES string of the molecule is CC1(c2ccc(C(F)(F)F)s2)Cc2cc(OCC(=O)O)c(Cl)c(Cl)c2C1=O. The normalized spacial score (nSPS) is 19.3. The van der Waals surface area contributed by atoms with Gasteiger partial charge >= 0.3 is 12.1 Å². The second kappa shape index (κ2) is 6.68. The van der Waals surface area contributed by atoms with Crippen LogP contribution in [0.3, 0.4) is 0 Å². The first-order chi connectivity index (χ1) is 12.4. The average molecular weight is 439 g/mol. The fourth-order valence-electron chi connectivity index (χ4n) is 3.00. The highest BCUT2D eigenvalue weighted by Crippen LogP contribution is 2.49. The maximum atomic E-state index is 13.0. The number of alkyl halides is 3. The minimum atomic E-state index is -4.49. The zero-order valence-electron chi connectivity index (χ0n) is 13.6. The van der Waals surface area contributed by atoms with Crippen molar-refractivity contribution in [3.05, 3.63) is 49.1 Å². The van der Waals surface area contributed by atoms with Crippen LogP contribution in [0.4, 0.5) is 13.2 Å². The third-order valence-corrected chi connectivity index (χ3v) is 6.55. The molecule has 0 spiro atoms. The molecule has 1 N–H and O–H groups in total. The van der Waals surface area contributed by atoms with E-state index in [9.17, 15) is 22.8 Å². The number of carbonyl (C=O) groups is 2. The topological polar surface area (TPSA) is 63.6 Å². The summed E-state index contributed by atoms with van der Waals surface area (Å²) in [7, 11) is 0. The van der Waals surface area contributed by atoms with Crippen LogP contribution in [0.1, 0.15) is 32.6 Å². The van der Waals surface area contributed by atoms with Crippen LogP contribution in [-0.2, 0) is 22.8 Å². The largest absolute Gasteiger partial charge is 0.480 e. The molecule has 0 fully saturated rings. The Kier molecular flexibility index (Phi) is 4.95. The summed E-state index contributed by atoms with van der Waals surface area (Å²) in [5.74, 6) is -1.66. The molecule has 10 heteroatoms. The van der Waals surface area contributed by atoms with E-state index in [1.54, 1.807) is 6.92 Å². The van der Waals surface area contributed by atoms with E-state index in [-0.39, 0.29) is 32.7 Å². The Morgan fingerprint density at radius 3 is 2.56 bits per heavy atom. The van der Waals surface area contributed by atoms with Crippen molar-refractivity contribution in [3.8, 4) is 5.75 Å². The molecule has 2 aromatic rings. The molecule has 27 heavy (non-hydrogen) atoms. The predicted octanol–water partition coefficient (Wildman–Crippen LogP) is 5.23. The van der Waals surface area contributed by atoms with Crippen molar-refractivity contribution in [2.45, 2.75) is 24.9 Å². The van der Waals surface area contributed by atoms with Gasteiger partial charge in [0.05, 0.1) is 10.4 Å². The fourth-order valence-corrected chi connectivity index (χ4v) is 4.52. The van der Waals surface area contributed by atoms with E-state index in [2.05, 4.69) is 0 Å². The van der Waals surface area contributed by atoms with Crippen molar-refractivity contribution in [2.24, 2.45) is 0 Å². The second-order valence-corrected chi connectivity index (χ2v) is 8.06. The third-order valence-electron chi connectivity index (χ3n) is 4.31. The van der Waals surface area contributed by atoms with Gasteiger partial charge in [0.15, 0.2) is 12.4 Å². The number of thiophene rings is 1. The number of benzene rings is 1. The molecule has 0 aliphatic heterocycles. The lowest BCUT2D eigenvalue weighted by molar-refractivity contribution is -0.139. The lowest BCUT2D eigenvalue weighted by Gasteiger charge is -2.20. The number of Topliss-reactive ketones (excluding diaryl/α,β-unsaturated/α-hetero) is 1. The molecular weight excluding hydrogens is 428 g/mol. The van der Waals surface area contributed by atoms with Crippen LogP contribution in [0, 0.1) is 0 Å². The molecule has 144 valence electrons. The zero-order chi connectivity index (χ0) is 20.1. The number of ether oxygens (including phenoxy) is 1. The van der Waals surface area contributed by atoms with Gasteiger partial charge in [-0.15, -0.1) is 11.3 Å². The Balaban J connectivity index is 2.02. The van der Waals surface area contributed by atoms with E-state index in [0.29, 0.717) is 16.9 Å². The number of hydrogen-bond donors (Lipinski definition) is 1. The summed E-state index contributed by atoms with van der Waals surface area (Å²) in [5.41, 5.74) is -0.664. The number of carbonyl (C=O) groups excluding carboxylic acids is 1. The zero-order valence-corrected chi connectivity index (χ0v) is 15.9. The maximum Gasteiger partial charge on any atom is 0.425 e. The average Bonchev–Trinajstić information content (AvgIpc) is 3.15. The third kappa shape index (κ3) is 3.41. The Morgan fingerprint density at radius 1 is 1.33 bits per heavy atom. The van der Waals surface area contributed by atoms with Gasteiger partial charge in [0, 0.05) is 10.4 Å². The van der Waals surface area contributed by atoms with Gasteiger partial charge in [0.1, 0.15) is 15.6 Å². The predicted molar refractivity (Wildman–Crippen MR) is 94.3 cm³/mol. The number of hydrogen-bond acceptors (Lipinski definition) is 4. The first-order valence-corrected chi connectivity index (χ1v) is 9.10. The number of ketones is 1. The van der Waals surface area contributed by atoms with Gasteiger partial charge in [-0.25, -0.2) is 4.79 Å². The highest BCUT2D eigenvalue weighted by Gasteiger charge is 2.47. The second-order valence-electron chi connectivity index (χ2n) is 6.22. The molecule has 0 radical (unpaired) electrons. The van der Waals surface area contributed by atoms with E-state index in [0.717, 1.165) is 6.07 Å². The maximum absolute atomic E-state index is 13.0. The van der Waals surface area contributed by atoms with Crippen molar-refractivity contribution < 1.29 is 32.6 Å². The van der Waals surface area contributed by atoms with E-state index in [1.807, 2.05) is 0 Å². The molecule has 1 heterocycles. The summed E-state index contributed by atoms with van der Waals surface area (Å²) >= 11 is 12.8. The number of aliphatic carboxylic acids is 1. The summed E-state index contributed by atoms with van der Waals surface area (Å²) < 4.78 is 43.8. The van der Waals surface area contributed by atoms with Gasteiger partial charge in [-0.2, -0.15) is 13.2 Å². The Labute approximate surface area is 165 Å². The molecule has 1 atom stereocenters. The number of carboxylic acid groups (broad SMARTS) is 1. The molecule has 1 unspecified atom stereocenters. The molecule has 3 rings (SSSR count). The molecule has 1 aromatic heterocycles. The molecule has 0 bridgehead atoms. The van der Waals surface area contributed by atoms with Gasteiger partial charge in [0.25, 0.3) is 0 Å². The van der Waals surface area contributed by atoms with Gasteiger partial charge in [-0.3, -0.25) is 4.79 Å². The molecule has 1 aliphatic rings. The monoisotopic (exact) mass is 438 g/mol. The summed E-state index contributed by atoms with van der Waals surface area (Å²) in [6.07, 6.45) is -4.40. The van der Waals surface area contributed by atoms with E-state index >= 15 is 0 Å². The van der Waals surface area contributed by atoms with Crippen LogP contribution in [-0.4, -0.2) is 23.5 Å². The number of fused-ring (bicyclic) bond motifs is 1. The fraction of sp³-hybridized carbons (Fsp3) is 0.294. The van der Waals surface area contributed by atoms with Crippen molar-refractivity contribution in [1.82, 2.24) is 0 Å². The van der Waals surface area contributed by atoms with Crippen LogP contribution in [0.5, 0.6) is 5.75 Å². The van der Waals surface area contributed by atoms with Crippen LogP contribution in [0.2, 0.25) is 10.0 Å². The van der Waals surface area contributed by atoms with Gasteiger partial charge < -0.3 is 9.84 Å². The number of halogens is 5. The highest BCUT2D eigenvalue weighted by atomic mass is 35.5. The molecule has 0 saturated heterocycles. The molecule has 4 nitrogen and oxygen atoms in total. The van der Waals surface area contributed by atoms with Gasteiger partial charge in [-0.1, -0.05) is 23.2 Å². The number of rotatable bonds is 4. The molecule has 0 saturated carbocycles. The van der Waals surface area contributed by atoms with E-state index in [4.69, 9.17) is 33.0 Å². The lowest BCUT2D eigenvalue weighted by atomic mass is 9.84. The molecular formula is C17H11Cl2F3O4S. The van der Waals surface area contributed by atoms with E-state index < -0.39 is 34.8 Å². The molecule has 1 aromatic carbocycles. The standard InChI is InChI=1S/C17H11Cl2F3O4S/c1-16(9-2-3-10(27-9)17(20,21)22)5-7-4-8(26-6-11(23)24)13(18)14(19)12(7)15(16)25/h2-4H,5-6H2,1H3,(H,23,24). The van der Waals surface area contributed by atoms with E-state index in [1.165, 1.54) is 12.1 Å². The smallest absolute Gasteiger partial charge is 0.425 e. The summed E-state index contributed by atoms with van der Waals surface area (Å²) in [4.78, 5) is 23.1. The molecule has 0 amide bonds. The first kappa shape index (κ1) is 20.0. The minimum absolute atomic E-state index is 0.00188. The van der Waals surface area contributed by atoms with Crippen molar-refractivity contribution in [1.29, 1.82) is 0 Å². The Bertz CT molecular complexity index is 954. The summed E-state index contributed by atoms with van der Waals surface area (Å²) in [6, 6.07) is 3.64. The van der Waals surface area contributed by atoms with Crippen molar-refractivity contribution in [3.63, 3.8) is 0 Å². The lowest BCUT2D eigenvalue weighted by Crippen LogP contribution is -2.28. The summed E-state index contributed by atoms with van der Waals surface area (Å²) in [5, 5.41) is 8.51. The van der Waals surface area contributed by atoms with Gasteiger partial charge in [0.2, 0.25) is 0 Å².